The zero-order chi connectivity index (χ0) is 23.9. The molecule has 1 aliphatic carbocycles. The van der Waals surface area contributed by atoms with Crippen molar-refractivity contribution >= 4 is 11.7 Å². The van der Waals surface area contributed by atoms with E-state index in [4.69, 9.17) is 0 Å². The Labute approximate surface area is 184 Å². The summed E-state index contributed by atoms with van der Waals surface area (Å²) in [4.78, 5) is 21.5. The molecule has 10 heteroatoms. The van der Waals surface area contributed by atoms with Gasteiger partial charge in [0.05, 0.1) is 23.5 Å². The van der Waals surface area contributed by atoms with Crippen LogP contribution in [0.5, 0.6) is 0 Å². The second-order valence-electron chi connectivity index (χ2n) is 7.64. The van der Waals surface area contributed by atoms with Crippen molar-refractivity contribution in [1.82, 2.24) is 9.97 Å². The fourth-order valence-corrected chi connectivity index (χ4v) is 3.80. The molecule has 0 saturated heterocycles. The number of rotatable bonds is 5. The maximum atomic E-state index is 13.9. The van der Waals surface area contributed by atoms with Gasteiger partial charge in [-0.15, -0.1) is 0 Å². The minimum Gasteiger partial charge on any atom is -0.309 e. The number of anilines is 1. The number of amides is 1. The van der Waals surface area contributed by atoms with E-state index in [0.29, 0.717) is 42.8 Å². The Bertz CT molecular complexity index is 1250. The Morgan fingerprint density at radius 3 is 2.27 bits per heavy atom. The number of carbonyl (C=O) groups is 1. The van der Waals surface area contributed by atoms with E-state index < -0.39 is 47.0 Å². The molecule has 1 heterocycles. The molecular formula is C23H17F6N3O. The lowest BCUT2D eigenvalue weighted by molar-refractivity contribution is -0.115. The van der Waals surface area contributed by atoms with Crippen LogP contribution in [0.25, 0.3) is 11.3 Å². The van der Waals surface area contributed by atoms with Crippen molar-refractivity contribution in [2.75, 3.05) is 5.32 Å². The summed E-state index contributed by atoms with van der Waals surface area (Å²) in [7, 11) is 0. The molecule has 0 radical (unpaired) electrons. The highest BCUT2D eigenvalue weighted by Gasteiger charge is 2.28. The Morgan fingerprint density at radius 1 is 0.939 bits per heavy atom. The van der Waals surface area contributed by atoms with Gasteiger partial charge in [-0.1, -0.05) is 13.3 Å². The topological polar surface area (TPSA) is 54.9 Å². The molecule has 0 bridgehead atoms. The van der Waals surface area contributed by atoms with Gasteiger partial charge in [-0.3, -0.25) is 4.79 Å². The van der Waals surface area contributed by atoms with Gasteiger partial charge >= 0.3 is 0 Å². The standard InChI is InChI=1S/C23H17F6N3O/c1-2-3-15-23(31-14-7-4-10-8-11(24)5-6-12(10)22(14)30-15)32-16(33)9-13-17(25)19(27)21(29)20(28)18(13)26/h5-6,8H,2-4,7,9H2,1H3,(H,31,32,33). The van der Waals surface area contributed by atoms with Crippen LogP contribution in [0.3, 0.4) is 0 Å². The van der Waals surface area contributed by atoms with Crippen molar-refractivity contribution in [3.63, 3.8) is 0 Å². The van der Waals surface area contributed by atoms with Gasteiger partial charge in [-0.25, -0.2) is 36.3 Å². The van der Waals surface area contributed by atoms with Gasteiger partial charge in [-0.2, -0.15) is 0 Å². The Morgan fingerprint density at radius 2 is 1.61 bits per heavy atom. The molecule has 1 aromatic heterocycles. The zero-order valence-corrected chi connectivity index (χ0v) is 17.3. The van der Waals surface area contributed by atoms with E-state index in [1.807, 2.05) is 6.92 Å². The first-order valence-corrected chi connectivity index (χ1v) is 10.2. The van der Waals surface area contributed by atoms with E-state index >= 15 is 0 Å². The van der Waals surface area contributed by atoms with Crippen LogP contribution in [0.2, 0.25) is 0 Å². The van der Waals surface area contributed by atoms with Crippen molar-refractivity contribution in [3.8, 4) is 11.3 Å². The SMILES string of the molecule is CCCc1nc2c(nc1NC(=O)Cc1c(F)c(F)c(F)c(F)c1F)CCc1cc(F)ccc1-2. The van der Waals surface area contributed by atoms with Crippen LogP contribution in [-0.4, -0.2) is 15.9 Å². The number of fused-ring (bicyclic) bond motifs is 3. The quantitative estimate of drug-likeness (QED) is 0.320. The molecule has 0 aliphatic heterocycles. The van der Waals surface area contributed by atoms with Gasteiger partial charge in [0.1, 0.15) is 5.82 Å². The highest BCUT2D eigenvalue weighted by atomic mass is 19.2. The molecule has 0 spiro atoms. The normalized spacial score (nSPS) is 12.3. The van der Waals surface area contributed by atoms with Crippen LogP contribution in [0.15, 0.2) is 18.2 Å². The fraction of sp³-hybridized carbons (Fsp3) is 0.261. The summed E-state index contributed by atoms with van der Waals surface area (Å²) in [6.07, 6.45) is 0.864. The van der Waals surface area contributed by atoms with Gasteiger partial charge in [0.15, 0.2) is 29.1 Å². The smallest absolute Gasteiger partial charge is 0.230 e. The monoisotopic (exact) mass is 465 g/mol. The first-order chi connectivity index (χ1) is 15.7. The number of benzene rings is 2. The second-order valence-corrected chi connectivity index (χ2v) is 7.64. The van der Waals surface area contributed by atoms with Crippen molar-refractivity contribution in [1.29, 1.82) is 0 Å². The molecule has 0 saturated carbocycles. The van der Waals surface area contributed by atoms with Crippen LogP contribution >= 0.6 is 0 Å². The lowest BCUT2D eigenvalue weighted by Gasteiger charge is -2.21. The van der Waals surface area contributed by atoms with E-state index in [0.717, 1.165) is 11.1 Å². The number of aromatic nitrogens is 2. The third-order valence-electron chi connectivity index (χ3n) is 5.38. The van der Waals surface area contributed by atoms with E-state index in [1.54, 1.807) is 6.07 Å². The van der Waals surface area contributed by atoms with Gasteiger partial charge in [0, 0.05) is 11.1 Å². The third kappa shape index (κ3) is 4.17. The number of nitrogens with zero attached hydrogens (tertiary/aromatic N) is 2. The van der Waals surface area contributed by atoms with E-state index in [1.165, 1.54) is 12.1 Å². The highest BCUT2D eigenvalue weighted by Crippen LogP contribution is 2.33. The molecule has 1 amide bonds. The molecule has 1 aliphatic rings. The van der Waals surface area contributed by atoms with Crippen LogP contribution < -0.4 is 5.32 Å². The van der Waals surface area contributed by atoms with Crippen LogP contribution in [0.4, 0.5) is 32.2 Å². The average Bonchev–Trinajstić information content (AvgIpc) is 2.79. The average molecular weight is 465 g/mol. The summed E-state index contributed by atoms with van der Waals surface area (Å²) in [6, 6.07) is 4.35. The van der Waals surface area contributed by atoms with Gasteiger partial charge in [-0.05, 0) is 43.0 Å². The molecule has 0 unspecified atom stereocenters. The highest BCUT2D eigenvalue weighted by molar-refractivity contribution is 5.92. The molecule has 2 aromatic carbocycles. The lowest BCUT2D eigenvalue weighted by atomic mass is 9.91. The number of aryl methyl sites for hydroxylation is 3. The summed E-state index contributed by atoms with van der Waals surface area (Å²) < 4.78 is 81.6. The minimum atomic E-state index is -2.29. The summed E-state index contributed by atoms with van der Waals surface area (Å²) >= 11 is 0. The van der Waals surface area contributed by atoms with Crippen molar-refractivity contribution in [3.05, 3.63) is 75.6 Å². The van der Waals surface area contributed by atoms with Crippen LogP contribution in [0.1, 0.15) is 35.9 Å². The van der Waals surface area contributed by atoms with Gasteiger partial charge in [0.25, 0.3) is 0 Å². The largest absolute Gasteiger partial charge is 0.309 e. The zero-order valence-electron chi connectivity index (χ0n) is 17.3. The number of halogens is 6. The molecule has 0 fully saturated rings. The van der Waals surface area contributed by atoms with Crippen LogP contribution in [0, 0.1) is 34.9 Å². The van der Waals surface area contributed by atoms with Crippen molar-refractivity contribution in [2.45, 2.75) is 39.0 Å². The summed E-state index contributed by atoms with van der Waals surface area (Å²) in [5.41, 5.74) is 1.75. The third-order valence-corrected chi connectivity index (χ3v) is 5.38. The Kier molecular flexibility index (Phi) is 6.09. The number of hydrogen-bond acceptors (Lipinski definition) is 3. The maximum Gasteiger partial charge on any atom is 0.230 e. The van der Waals surface area contributed by atoms with Crippen LogP contribution in [-0.2, 0) is 30.5 Å². The summed E-state index contributed by atoms with van der Waals surface area (Å²) in [5.74, 6) is -12.0. The molecule has 4 rings (SSSR count). The molecule has 1 N–H and O–H groups in total. The number of nitrogens with one attached hydrogen (secondary N) is 1. The number of hydrogen-bond donors (Lipinski definition) is 1. The van der Waals surface area contributed by atoms with Crippen molar-refractivity contribution in [2.24, 2.45) is 0 Å². The molecule has 172 valence electrons. The summed E-state index contributed by atoms with van der Waals surface area (Å²) in [6.45, 7) is 1.87. The Hall–Kier alpha value is -3.43. The lowest BCUT2D eigenvalue weighted by Crippen LogP contribution is -2.21. The second kappa shape index (κ2) is 8.84. The van der Waals surface area contributed by atoms with E-state index in [2.05, 4.69) is 15.3 Å². The predicted molar refractivity (Wildman–Crippen MR) is 107 cm³/mol. The maximum absolute atomic E-state index is 13.9. The molecular weight excluding hydrogens is 448 g/mol. The van der Waals surface area contributed by atoms with E-state index in [9.17, 15) is 31.1 Å². The van der Waals surface area contributed by atoms with Gasteiger partial charge in [0.2, 0.25) is 11.7 Å². The Balaban J connectivity index is 1.67. The summed E-state index contributed by atoms with van der Waals surface area (Å²) in [5, 5.41) is 2.39. The van der Waals surface area contributed by atoms with Crippen molar-refractivity contribution < 1.29 is 31.1 Å². The predicted octanol–water partition coefficient (Wildman–Crippen LogP) is 5.21. The fourth-order valence-electron chi connectivity index (χ4n) is 3.80. The molecule has 0 atom stereocenters. The van der Waals surface area contributed by atoms with E-state index in [-0.39, 0.29) is 11.6 Å². The minimum absolute atomic E-state index is 0.0510. The first-order valence-electron chi connectivity index (χ1n) is 10.2. The number of carbonyl (C=O) groups excluding carboxylic acids is 1. The molecule has 33 heavy (non-hydrogen) atoms. The molecule has 4 nitrogen and oxygen atoms in total. The first kappa shape index (κ1) is 22.8. The molecule has 3 aromatic rings. The van der Waals surface area contributed by atoms with Gasteiger partial charge < -0.3 is 5.32 Å².